The second-order valence-electron chi connectivity index (χ2n) is 3.99. The van der Waals surface area contributed by atoms with Gasteiger partial charge >= 0.3 is 0 Å². The largest absolute Gasteiger partial charge is 0.352 e. The zero-order valence-electron chi connectivity index (χ0n) is 8.60. The molecular formula is C11H15ClN2O. The summed E-state index contributed by atoms with van der Waals surface area (Å²) in [5.41, 5.74) is 0. The maximum Gasteiger partial charge on any atom is 0.223 e. The molecule has 2 rings (SSSR count). The summed E-state index contributed by atoms with van der Waals surface area (Å²) in [7, 11) is 0. The topological polar surface area (TPSA) is 25.2 Å². The fraction of sp³-hybridized carbons (Fsp3) is 0.545. The number of halogens is 1. The average Bonchev–Trinajstić information content (AvgIpc) is 2.84. The van der Waals surface area contributed by atoms with Crippen molar-refractivity contribution < 1.29 is 4.79 Å². The lowest BCUT2D eigenvalue weighted by atomic mass is 10.2. The van der Waals surface area contributed by atoms with Gasteiger partial charge in [0.2, 0.25) is 5.91 Å². The van der Waals surface area contributed by atoms with E-state index in [0.29, 0.717) is 18.2 Å². The molecule has 0 aliphatic carbocycles. The number of likely N-dealkylation sites (tertiary alicyclic amines) is 1. The highest BCUT2D eigenvalue weighted by molar-refractivity contribution is 6.18. The Kier molecular flexibility index (Phi) is 3.31. The lowest BCUT2D eigenvalue weighted by molar-refractivity contribution is -0.127. The Balaban J connectivity index is 1.83. The number of alkyl halides is 1. The minimum Gasteiger partial charge on any atom is -0.352 e. The monoisotopic (exact) mass is 226 g/mol. The molecule has 15 heavy (non-hydrogen) atoms. The highest BCUT2D eigenvalue weighted by atomic mass is 35.5. The molecule has 1 aliphatic rings. The first-order valence-corrected chi connectivity index (χ1v) is 5.77. The minimum atomic E-state index is 0.243. The van der Waals surface area contributed by atoms with Crippen LogP contribution in [0.4, 0.5) is 0 Å². The molecule has 1 aromatic rings. The maximum atomic E-state index is 11.6. The molecule has 0 radical (unpaired) electrons. The number of carbonyl (C=O) groups is 1. The van der Waals surface area contributed by atoms with E-state index in [1.165, 1.54) is 0 Å². The van der Waals surface area contributed by atoms with Crippen molar-refractivity contribution >= 4 is 17.5 Å². The first-order valence-electron chi connectivity index (χ1n) is 5.24. The molecule has 1 unspecified atom stereocenters. The van der Waals surface area contributed by atoms with Gasteiger partial charge < -0.3 is 9.47 Å². The van der Waals surface area contributed by atoms with Crippen LogP contribution < -0.4 is 0 Å². The molecule has 3 nitrogen and oxygen atoms in total. The summed E-state index contributed by atoms with van der Waals surface area (Å²) in [4.78, 5) is 13.5. The molecule has 4 heteroatoms. The number of carbonyl (C=O) groups excluding carboxylic acids is 1. The fourth-order valence-corrected chi connectivity index (χ4v) is 2.14. The molecule has 0 aromatic carbocycles. The number of aromatic nitrogens is 1. The zero-order chi connectivity index (χ0) is 10.7. The molecule has 1 saturated heterocycles. The predicted molar refractivity (Wildman–Crippen MR) is 59.8 cm³/mol. The van der Waals surface area contributed by atoms with Crippen molar-refractivity contribution in [2.75, 3.05) is 19.0 Å². The number of hydrogen-bond donors (Lipinski definition) is 0. The van der Waals surface area contributed by atoms with Crippen LogP contribution >= 0.6 is 11.6 Å². The van der Waals surface area contributed by atoms with Crippen molar-refractivity contribution in [3.05, 3.63) is 24.5 Å². The lowest BCUT2D eigenvalue weighted by Crippen LogP contribution is -2.28. The Morgan fingerprint density at radius 3 is 2.67 bits per heavy atom. The van der Waals surface area contributed by atoms with Crippen molar-refractivity contribution in [1.82, 2.24) is 9.47 Å². The van der Waals surface area contributed by atoms with Crippen LogP contribution in [-0.2, 0) is 11.3 Å². The molecule has 1 fully saturated rings. The van der Waals surface area contributed by atoms with Crippen LogP contribution in [0.3, 0.4) is 0 Å². The van der Waals surface area contributed by atoms with Gasteiger partial charge in [-0.3, -0.25) is 4.79 Å². The molecule has 1 amide bonds. The van der Waals surface area contributed by atoms with Gasteiger partial charge in [0, 0.05) is 44.3 Å². The summed E-state index contributed by atoms with van der Waals surface area (Å²) < 4.78 is 2.08. The molecule has 82 valence electrons. The van der Waals surface area contributed by atoms with Gasteiger partial charge in [-0.2, -0.15) is 0 Å². The Morgan fingerprint density at radius 1 is 1.33 bits per heavy atom. The molecule has 2 heterocycles. The molecule has 0 saturated carbocycles. The first kappa shape index (κ1) is 10.6. The van der Waals surface area contributed by atoms with E-state index in [1.54, 1.807) is 0 Å². The Morgan fingerprint density at radius 2 is 2.07 bits per heavy atom. The predicted octanol–water partition coefficient (Wildman–Crippen LogP) is 1.58. The third-order valence-corrected chi connectivity index (χ3v) is 3.24. The third kappa shape index (κ3) is 2.53. The van der Waals surface area contributed by atoms with Crippen LogP contribution in [0, 0.1) is 5.92 Å². The summed E-state index contributed by atoms with van der Waals surface area (Å²) in [6, 6.07) is 3.99. The van der Waals surface area contributed by atoms with Crippen molar-refractivity contribution in [1.29, 1.82) is 0 Å². The Labute approximate surface area is 94.6 Å². The van der Waals surface area contributed by atoms with E-state index in [0.717, 1.165) is 19.6 Å². The smallest absolute Gasteiger partial charge is 0.223 e. The molecule has 1 aromatic heterocycles. The summed E-state index contributed by atoms with van der Waals surface area (Å²) >= 11 is 5.75. The van der Waals surface area contributed by atoms with Crippen LogP contribution in [-0.4, -0.2) is 34.3 Å². The van der Waals surface area contributed by atoms with E-state index in [9.17, 15) is 4.79 Å². The van der Waals surface area contributed by atoms with Crippen LogP contribution in [0.2, 0.25) is 0 Å². The first-order chi connectivity index (χ1) is 7.29. The van der Waals surface area contributed by atoms with Gasteiger partial charge in [0.1, 0.15) is 0 Å². The van der Waals surface area contributed by atoms with E-state index in [1.807, 2.05) is 29.4 Å². The lowest BCUT2D eigenvalue weighted by Gasteiger charge is -2.16. The molecule has 1 aliphatic heterocycles. The van der Waals surface area contributed by atoms with Gasteiger partial charge in [0.15, 0.2) is 0 Å². The normalized spacial score (nSPS) is 21.3. The maximum absolute atomic E-state index is 11.6. The minimum absolute atomic E-state index is 0.243. The van der Waals surface area contributed by atoms with E-state index >= 15 is 0 Å². The average molecular weight is 227 g/mol. The van der Waals surface area contributed by atoms with Crippen LogP contribution in [0.25, 0.3) is 0 Å². The van der Waals surface area contributed by atoms with Crippen molar-refractivity contribution in [3.8, 4) is 0 Å². The quantitative estimate of drug-likeness (QED) is 0.716. The molecule has 0 N–H and O–H groups in total. The second kappa shape index (κ2) is 4.71. The molecular weight excluding hydrogens is 212 g/mol. The van der Waals surface area contributed by atoms with Crippen LogP contribution in [0.5, 0.6) is 0 Å². The number of amides is 1. The number of rotatable bonds is 4. The summed E-state index contributed by atoms with van der Waals surface area (Å²) in [6.07, 6.45) is 4.65. The van der Waals surface area contributed by atoms with Gasteiger partial charge in [-0.25, -0.2) is 0 Å². The van der Waals surface area contributed by atoms with Gasteiger partial charge in [-0.15, -0.1) is 11.6 Å². The van der Waals surface area contributed by atoms with E-state index in [2.05, 4.69) is 4.57 Å². The summed E-state index contributed by atoms with van der Waals surface area (Å²) in [6.45, 7) is 2.48. The molecule has 0 bridgehead atoms. The van der Waals surface area contributed by atoms with Gasteiger partial charge in [0.05, 0.1) is 0 Å². The standard InChI is InChI=1S/C11H15ClN2O/c12-8-10-7-11(15)14(9-10)6-5-13-3-1-2-4-13/h1-4,10H,5-9H2. The fourth-order valence-electron chi connectivity index (χ4n) is 1.93. The Bertz CT molecular complexity index is 323. The van der Waals surface area contributed by atoms with Gasteiger partial charge in [-0.05, 0) is 18.1 Å². The summed E-state index contributed by atoms with van der Waals surface area (Å²) in [5, 5.41) is 0. The van der Waals surface area contributed by atoms with Crippen LogP contribution in [0.15, 0.2) is 24.5 Å². The molecule has 0 spiro atoms. The highest BCUT2D eigenvalue weighted by Crippen LogP contribution is 2.18. The third-order valence-electron chi connectivity index (χ3n) is 2.81. The van der Waals surface area contributed by atoms with Crippen molar-refractivity contribution in [3.63, 3.8) is 0 Å². The number of nitrogens with zero attached hydrogens (tertiary/aromatic N) is 2. The van der Waals surface area contributed by atoms with Crippen molar-refractivity contribution in [2.45, 2.75) is 13.0 Å². The van der Waals surface area contributed by atoms with E-state index in [-0.39, 0.29) is 5.91 Å². The van der Waals surface area contributed by atoms with E-state index < -0.39 is 0 Å². The second-order valence-corrected chi connectivity index (χ2v) is 4.29. The zero-order valence-corrected chi connectivity index (χ0v) is 9.36. The van der Waals surface area contributed by atoms with Crippen molar-refractivity contribution in [2.24, 2.45) is 5.92 Å². The number of hydrogen-bond acceptors (Lipinski definition) is 1. The molecule has 1 atom stereocenters. The highest BCUT2D eigenvalue weighted by Gasteiger charge is 2.28. The Hall–Kier alpha value is -0.960. The van der Waals surface area contributed by atoms with Crippen LogP contribution in [0.1, 0.15) is 6.42 Å². The van der Waals surface area contributed by atoms with Gasteiger partial charge in [0.25, 0.3) is 0 Å². The summed E-state index contributed by atoms with van der Waals surface area (Å²) in [5.74, 6) is 1.18. The van der Waals surface area contributed by atoms with E-state index in [4.69, 9.17) is 11.6 Å². The SMILES string of the molecule is O=C1CC(CCl)CN1CCn1cccc1. The van der Waals surface area contributed by atoms with Gasteiger partial charge in [-0.1, -0.05) is 0 Å².